The second-order valence-electron chi connectivity index (χ2n) is 6.79. The number of carbonyl (C=O) groups is 2. The van der Waals surface area contributed by atoms with Crippen LogP contribution >= 0.6 is 34.8 Å². The Labute approximate surface area is 182 Å². The van der Waals surface area contributed by atoms with Crippen molar-refractivity contribution >= 4 is 52.4 Å². The van der Waals surface area contributed by atoms with Crippen molar-refractivity contribution in [3.8, 4) is 0 Å². The molecule has 0 saturated heterocycles. The summed E-state index contributed by atoms with van der Waals surface area (Å²) in [5.41, 5.74) is -2.29. The Balaban J connectivity index is 1.91. The van der Waals surface area contributed by atoms with Crippen molar-refractivity contribution < 1.29 is 32.3 Å². The average molecular weight is 485 g/mol. The largest absolute Gasteiger partial charge is 0.478 e. The molecule has 4 nitrogen and oxygen atoms in total. The van der Waals surface area contributed by atoms with E-state index >= 15 is 0 Å². The molecule has 2 aromatic rings. The van der Waals surface area contributed by atoms with Crippen LogP contribution in [-0.2, 0) is 11.0 Å². The van der Waals surface area contributed by atoms with Crippen molar-refractivity contribution in [1.82, 2.24) is 0 Å². The number of carboxylic acid groups (broad SMARTS) is 1. The summed E-state index contributed by atoms with van der Waals surface area (Å²) in [6, 6.07) is 5.22. The number of nitrogens with one attached hydrogen (secondary N) is 1. The van der Waals surface area contributed by atoms with Gasteiger partial charge in [-0.1, -0.05) is 17.7 Å². The van der Waals surface area contributed by atoms with Gasteiger partial charge < -0.3 is 10.4 Å². The van der Waals surface area contributed by atoms with Gasteiger partial charge in [0.25, 0.3) is 0 Å². The first-order valence-electron chi connectivity index (χ1n) is 8.34. The molecule has 2 aromatic carbocycles. The Hall–Kier alpha value is -2.03. The van der Waals surface area contributed by atoms with Gasteiger partial charge in [0.05, 0.1) is 22.1 Å². The molecule has 1 aliphatic carbocycles. The van der Waals surface area contributed by atoms with Crippen LogP contribution in [0.15, 0.2) is 30.3 Å². The number of anilines is 1. The lowest BCUT2D eigenvalue weighted by Crippen LogP contribution is -2.19. The highest BCUT2D eigenvalue weighted by atomic mass is 35.5. The summed E-state index contributed by atoms with van der Waals surface area (Å²) in [7, 11) is 0. The lowest BCUT2D eigenvalue weighted by atomic mass is 10.0. The van der Waals surface area contributed by atoms with Crippen LogP contribution < -0.4 is 5.32 Å². The van der Waals surface area contributed by atoms with E-state index in [2.05, 4.69) is 5.32 Å². The van der Waals surface area contributed by atoms with Crippen LogP contribution in [0.4, 0.5) is 23.2 Å². The van der Waals surface area contributed by atoms with E-state index in [-0.39, 0.29) is 10.7 Å². The fourth-order valence-corrected chi connectivity index (χ4v) is 4.31. The van der Waals surface area contributed by atoms with Crippen molar-refractivity contribution in [2.24, 2.45) is 5.92 Å². The van der Waals surface area contributed by atoms with E-state index < -0.39 is 56.7 Å². The summed E-state index contributed by atoms with van der Waals surface area (Å²) < 4.78 is 51.6. The number of benzene rings is 2. The van der Waals surface area contributed by atoms with E-state index in [0.29, 0.717) is 11.6 Å². The van der Waals surface area contributed by atoms with Crippen molar-refractivity contribution in [1.29, 1.82) is 0 Å². The number of hydrogen-bond acceptors (Lipinski definition) is 2. The normalized spacial score (nSPS) is 20.0. The molecule has 2 N–H and O–H groups in total. The zero-order chi connectivity index (χ0) is 22.6. The molecular weight excluding hydrogens is 473 g/mol. The number of aromatic carboxylic acids is 1. The zero-order valence-corrected chi connectivity index (χ0v) is 17.2. The molecule has 0 radical (unpaired) electrons. The fourth-order valence-electron chi connectivity index (χ4n) is 3.30. The van der Waals surface area contributed by atoms with Gasteiger partial charge in [0.15, 0.2) is 0 Å². The number of alkyl halides is 5. The molecule has 160 valence electrons. The van der Waals surface area contributed by atoms with E-state index in [1.54, 1.807) is 0 Å². The van der Waals surface area contributed by atoms with Gasteiger partial charge in [0.2, 0.25) is 5.91 Å². The average Bonchev–Trinajstić information content (AvgIpc) is 3.19. The van der Waals surface area contributed by atoms with E-state index in [1.807, 2.05) is 0 Å². The van der Waals surface area contributed by atoms with Crippen LogP contribution in [-0.4, -0.2) is 21.3 Å². The molecule has 0 spiro atoms. The molecule has 3 rings (SSSR count). The van der Waals surface area contributed by atoms with Gasteiger partial charge in [-0.2, -0.15) is 13.2 Å². The van der Waals surface area contributed by atoms with Crippen molar-refractivity contribution in [3.05, 3.63) is 63.4 Å². The zero-order valence-electron chi connectivity index (χ0n) is 15.0. The minimum absolute atomic E-state index is 0.206. The first-order valence-corrected chi connectivity index (χ1v) is 9.47. The molecule has 0 aromatic heterocycles. The standard InChI is InChI=1S/C19H12Cl3F4NO3/c1-7-10(17(29)30)5-9(6-11(7)19(24,25)26)27-16(28)15-14(18(15,21)22)8-2-3-13(23)12(20)4-8/h2-6,14-15H,1H3,(H,27,28)(H,29,30). The maximum Gasteiger partial charge on any atom is 0.416 e. The molecule has 2 unspecified atom stereocenters. The lowest BCUT2D eigenvalue weighted by Gasteiger charge is -2.15. The molecule has 1 fully saturated rings. The van der Waals surface area contributed by atoms with E-state index in [1.165, 1.54) is 12.1 Å². The minimum Gasteiger partial charge on any atom is -0.478 e. The quantitative estimate of drug-likeness (QED) is 0.411. The van der Waals surface area contributed by atoms with Crippen LogP contribution in [0.2, 0.25) is 5.02 Å². The fraction of sp³-hybridized carbons (Fsp3) is 0.263. The van der Waals surface area contributed by atoms with E-state index in [9.17, 15) is 32.3 Å². The molecular formula is C19H12Cl3F4NO3. The SMILES string of the molecule is Cc1c(C(=O)O)cc(NC(=O)C2C(c3ccc(F)c(Cl)c3)C2(Cl)Cl)cc1C(F)(F)F. The number of halogens is 7. The first-order chi connectivity index (χ1) is 13.7. The predicted molar refractivity (Wildman–Crippen MR) is 104 cm³/mol. The summed E-state index contributed by atoms with van der Waals surface area (Å²) in [6.07, 6.45) is -4.83. The smallest absolute Gasteiger partial charge is 0.416 e. The maximum absolute atomic E-state index is 13.4. The van der Waals surface area contributed by atoms with Gasteiger partial charge >= 0.3 is 12.1 Å². The third-order valence-electron chi connectivity index (χ3n) is 4.85. The lowest BCUT2D eigenvalue weighted by molar-refractivity contribution is -0.138. The Kier molecular flexibility index (Phi) is 5.73. The van der Waals surface area contributed by atoms with Gasteiger partial charge in [-0.3, -0.25) is 4.79 Å². The first kappa shape index (κ1) is 22.7. The van der Waals surface area contributed by atoms with Gasteiger partial charge in [-0.15, -0.1) is 23.2 Å². The molecule has 0 bridgehead atoms. The molecule has 1 saturated carbocycles. The highest BCUT2D eigenvalue weighted by Crippen LogP contribution is 2.65. The van der Waals surface area contributed by atoms with Crippen LogP contribution in [0.5, 0.6) is 0 Å². The Morgan fingerprint density at radius 2 is 1.80 bits per heavy atom. The molecule has 2 atom stereocenters. The Bertz CT molecular complexity index is 1060. The summed E-state index contributed by atoms with van der Waals surface area (Å²) in [5.74, 6) is -4.95. The number of hydrogen-bond donors (Lipinski definition) is 2. The van der Waals surface area contributed by atoms with Crippen molar-refractivity contribution in [3.63, 3.8) is 0 Å². The molecule has 11 heteroatoms. The Morgan fingerprint density at radius 3 is 2.33 bits per heavy atom. The van der Waals surface area contributed by atoms with Gasteiger partial charge in [0.1, 0.15) is 10.2 Å². The summed E-state index contributed by atoms with van der Waals surface area (Å²) in [6.45, 7) is 1.02. The number of amides is 1. The second kappa shape index (κ2) is 7.59. The third-order valence-corrected chi connectivity index (χ3v) is 6.08. The predicted octanol–water partition coefficient (Wildman–Crippen LogP) is 6.03. The third kappa shape index (κ3) is 4.08. The summed E-state index contributed by atoms with van der Waals surface area (Å²) in [4.78, 5) is 24.0. The summed E-state index contributed by atoms with van der Waals surface area (Å²) in [5, 5.41) is 11.2. The summed E-state index contributed by atoms with van der Waals surface area (Å²) >= 11 is 18.1. The molecule has 1 aliphatic rings. The Morgan fingerprint density at radius 1 is 1.17 bits per heavy atom. The van der Waals surface area contributed by atoms with Crippen LogP contribution in [0.1, 0.15) is 33.0 Å². The van der Waals surface area contributed by atoms with Crippen LogP contribution in [0, 0.1) is 18.7 Å². The van der Waals surface area contributed by atoms with Crippen molar-refractivity contribution in [2.75, 3.05) is 5.32 Å². The molecule has 0 heterocycles. The topological polar surface area (TPSA) is 66.4 Å². The number of carbonyl (C=O) groups excluding carboxylic acids is 1. The number of carboxylic acids is 1. The monoisotopic (exact) mass is 483 g/mol. The highest BCUT2D eigenvalue weighted by molar-refractivity contribution is 6.53. The molecule has 1 amide bonds. The van der Waals surface area contributed by atoms with Crippen LogP contribution in [0.3, 0.4) is 0 Å². The molecule has 0 aliphatic heterocycles. The maximum atomic E-state index is 13.4. The minimum atomic E-state index is -4.83. The molecule has 30 heavy (non-hydrogen) atoms. The van der Waals surface area contributed by atoms with Gasteiger partial charge in [-0.05, 0) is 42.3 Å². The van der Waals surface area contributed by atoms with Gasteiger partial charge in [-0.25, -0.2) is 9.18 Å². The highest BCUT2D eigenvalue weighted by Gasteiger charge is 2.67. The van der Waals surface area contributed by atoms with Gasteiger partial charge in [0, 0.05) is 11.6 Å². The van der Waals surface area contributed by atoms with Crippen LogP contribution in [0.25, 0.3) is 0 Å². The van der Waals surface area contributed by atoms with E-state index in [0.717, 1.165) is 19.1 Å². The second-order valence-corrected chi connectivity index (χ2v) is 8.64. The number of rotatable bonds is 4. The van der Waals surface area contributed by atoms with E-state index in [4.69, 9.17) is 34.8 Å². The van der Waals surface area contributed by atoms with Crippen molar-refractivity contribution in [2.45, 2.75) is 23.4 Å².